The van der Waals surface area contributed by atoms with E-state index in [9.17, 15) is 4.79 Å². The van der Waals surface area contributed by atoms with Crippen molar-refractivity contribution in [2.24, 2.45) is 0 Å². The van der Waals surface area contributed by atoms with E-state index in [4.69, 9.17) is 8.85 Å². The first-order chi connectivity index (χ1) is 7.61. The number of benzene rings is 1. The Morgan fingerprint density at radius 3 is 2.31 bits per heavy atom. The third kappa shape index (κ3) is 3.44. The zero-order valence-electron chi connectivity index (χ0n) is 9.82. The zero-order valence-corrected chi connectivity index (χ0v) is 10.8. The van der Waals surface area contributed by atoms with E-state index in [0.29, 0.717) is 11.7 Å². The molecule has 0 spiro atoms. The van der Waals surface area contributed by atoms with Gasteiger partial charge in [0.05, 0.1) is 6.17 Å². The van der Waals surface area contributed by atoms with Gasteiger partial charge < -0.3 is 14.2 Å². The van der Waals surface area contributed by atoms with Crippen molar-refractivity contribution in [2.75, 3.05) is 20.4 Å². The van der Waals surface area contributed by atoms with E-state index in [1.54, 1.807) is 26.4 Å². The molecule has 0 fully saturated rings. The van der Waals surface area contributed by atoms with E-state index < -0.39 is 8.56 Å². The number of nitrogens with one attached hydrogen (secondary N) is 1. The molecule has 4 nitrogen and oxygen atoms in total. The summed E-state index contributed by atoms with van der Waals surface area (Å²) in [5, 5.41) is 2.81. The Balaban J connectivity index is 2.54. The maximum Gasteiger partial charge on any atom is 0.354 e. The first-order valence-corrected chi connectivity index (χ1v) is 7.57. The average molecular weight is 239 g/mol. The summed E-state index contributed by atoms with van der Waals surface area (Å²) in [4.78, 5) is 11.7. The van der Waals surface area contributed by atoms with Crippen molar-refractivity contribution in [1.82, 2.24) is 5.32 Å². The molecule has 88 valence electrons. The van der Waals surface area contributed by atoms with Crippen LogP contribution >= 0.6 is 0 Å². The molecule has 0 aromatic heterocycles. The lowest BCUT2D eigenvalue weighted by Crippen LogP contribution is -2.48. The summed E-state index contributed by atoms with van der Waals surface area (Å²) in [5.41, 5.74) is 0.644. The lowest BCUT2D eigenvalue weighted by atomic mass is 10.2. The largest absolute Gasteiger partial charge is 0.397 e. The highest BCUT2D eigenvalue weighted by Gasteiger charge is 2.29. The van der Waals surface area contributed by atoms with E-state index >= 15 is 0 Å². The first-order valence-electron chi connectivity index (χ1n) is 5.05. The van der Waals surface area contributed by atoms with Crippen LogP contribution in [0, 0.1) is 0 Å². The van der Waals surface area contributed by atoms with Crippen molar-refractivity contribution in [3.8, 4) is 0 Å². The van der Waals surface area contributed by atoms with Crippen molar-refractivity contribution in [3.63, 3.8) is 0 Å². The van der Waals surface area contributed by atoms with Crippen LogP contribution in [0.3, 0.4) is 0 Å². The van der Waals surface area contributed by atoms with Gasteiger partial charge in [-0.2, -0.15) is 0 Å². The number of carbonyl (C=O) groups excluding carboxylic acids is 1. The number of hydrogen-bond donors (Lipinski definition) is 1. The molecule has 0 aliphatic carbocycles. The van der Waals surface area contributed by atoms with Gasteiger partial charge in [0.25, 0.3) is 5.91 Å². The van der Waals surface area contributed by atoms with Gasteiger partial charge in [0, 0.05) is 19.8 Å². The predicted octanol–water partition coefficient (Wildman–Crippen LogP) is 1.32. The smallest absolute Gasteiger partial charge is 0.354 e. The molecule has 0 aliphatic rings. The highest BCUT2D eigenvalue weighted by molar-refractivity contribution is 6.66. The fourth-order valence-corrected chi connectivity index (χ4v) is 2.10. The molecular formula is C11H17NO3Si. The normalized spacial score (nSPS) is 11.2. The molecule has 5 heteroatoms. The van der Waals surface area contributed by atoms with Crippen molar-refractivity contribution in [1.29, 1.82) is 0 Å². The fraction of sp³-hybridized carbons (Fsp3) is 0.364. The van der Waals surface area contributed by atoms with Gasteiger partial charge in [-0.05, 0) is 18.7 Å². The molecule has 16 heavy (non-hydrogen) atoms. The van der Waals surface area contributed by atoms with Gasteiger partial charge >= 0.3 is 8.56 Å². The Morgan fingerprint density at radius 2 is 1.81 bits per heavy atom. The molecule has 1 N–H and O–H groups in total. The molecule has 0 saturated carbocycles. The minimum atomic E-state index is -2.22. The van der Waals surface area contributed by atoms with Gasteiger partial charge in [-0.3, -0.25) is 4.79 Å². The Kier molecular flexibility index (Phi) is 4.66. The molecule has 1 aromatic rings. The van der Waals surface area contributed by atoms with Gasteiger partial charge in [-0.15, -0.1) is 0 Å². The summed E-state index contributed by atoms with van der Waals surface area (Å²) in [6.45, 7) is 1.90. The second kappa shape index (κ2) is 5.79. The molecule has 0 saturated heterocycles. The zero-order chi connectivity index (χ0) is 12.0. The maximum absolute atomic E-state index is 11.7. The molecule has 0 heterocycles. The van der Waals surface area contributed by atoms with Crippen LogP contribution in [0.2, 0.25) is 6.55 Å². The average Bonchev–Trinajstić information content (AvgIpc) is 2.36. The molecule has 0 bridgehead atoms. The van der Waals surface area contributed by atoms with Crippen LogP contribution in [0.15, 0.2) is 30.3 Å². The van der Waals surface area contributed by atoms with Crippen molar-refractivity contribution in [3.05, 3.63) is 35.9 Å². The van der Waals surface area contributed by atoms with Gasteiger partial charge in [0.2, 0.25) is 0 Å². The maximum atomic E-state index is 11.7. The summed E-state index contributed by atoms with van der Waals surface area (Å²) < 4.78 is 10.6. The Bertz CT molecular complexity index is 338. The van der Waals surface area contributed by atoms with Crippen molar-refractivity contribution >= 4 is 14.5 Å². The summed E-state index contributed by atoms with van der Waals surface area (Å²) in [5.74, 6) is -0.103. The highest BCUT2D eigenvalue weighted by Crippen LogP contribution is 2.03. The van der Waals surface area contributed by atoms with Crippen LogP contribution in [-0.4, -0.2) is 34.9 Å². The standard InChI is InChI=1S/C11H17NO3Si/c1-14-16(3,15-2)9-12-11(13)10-7-5-4-6-8-10/h4-8H,9H2,1-3H3,(H,12,13). The van der Waals surface area contributed by atoms with E-state index in [1.165, 1.54) is 0 Å². The molecule has 0 aliphatic heterocycles. The molecule has 1 rings (SSSR count). The monoisotopic (exact) mass is 239 g/mol. The molecule has 1 aromatic carbocycles. The first kappa shape index (κ1) is 12.9. The Labute approximate surface area is 96.8 Å². The Morgan fingerprint density at radius 1 is 1.25 bits per heavy atom. The van der Waals surface area contributed by atoms with Gasteiger partial charge in [0.1, 0.15) is 0 Å². The number of amides is 1. The van der Waals surface area contributed by atoms with Crippen molar-refractivity contribution in [2.45, 2.75) is 6.55 Å². The number of rotatable bonds is 5. The van der Waals surface area contributed by atoms with Crippen LogP contribution in [0.1, 0.15) is 10.4 Å². The SMILES string of the molecule is CO[Si](C)(CNC(=O)c1ccccc1)OC. The third-order valence-electron chi connectivity index (χ3n) is 2.47. The number of hydrogen-bond acceptors (Lipinski definition) is 3. The lowest BCUT2D eigenvalue weighted by molar-refractivity contribution is 0.0953. The van der Waals surface area contributed by atoms with Gasteiger partial charge in [-0.25, -0.2) is 0 Å². The predicted molar refractivity (Wildman–Crippen MR) is 64.4 cm³/mol. The van der Waals surface area contributed by atoms with Crippen LogP contribution in [-0.2, 0) is 8.85 Å². The second-order valence-corrected chi connectivity index (χ2v) is 7.03. The quantitative estimate of drug-likeness (QED) is 0.788. The summed E-state index contributed by atoms with van der Waals surface area (Å²) in [6.07, 6.45) is 0.438. The lowest BCUT2D eigenvalue weighted by Gasteiger charge is -2.22. The van der Waals surface area contributed by atoms with E-state index in [2.05, 4.69) is 5.32 Å². The van der Waals surface area contributed by atoms with Crippen LogP contribution in [0.5, 0.6) is 0 Å². The van der Waals surface area contributed by atoms with E-state index in [-0.39, 0.29) is 5.91 Å². The third-order valence-corrected chi connectivity index (χ3v) is 5.02. The van der Waals surface area contributed by atoms with Crippen LogP contribution < -0.4 is 5.32 Å². The van der Waals surface area contributed by atoms with E-state index in [0.717, 1.165) is 0 Å². The van der Waals surface area contributed by atoms with Crippen LogP contribution in [0.25, 0.3) is 0 Å². The minimum absolute atomic E-state index is 0.103. The summed E-state index contributed by atoms with van der Waals surface area (Å²) in [6, 6.07) is 9.08. The second-order valence-electron chi connectivity index (χ2n) is 3.59. The Hall–Kier alpha value is -1.17. The molecule has 0 atom stereocenters. The molecule has 0 radical (unpaired) electrons. The topological polar surface area (TPSA) is 47.6 Å². The minimum Gasteiger partial charge on any atom is -0.397 e. The van der Waals surface area contributed by atoms with Gasteiger partial charge in [0.15, 0.2) is 0 Å². The van der Waals surface area contributed by atoms with Gasteiger partial charge in [-0.1, -0.05) is 18.2 Å². The molecule has 1 amide bonds. The van der Waals surface area contributed by atoms with Crippen molar-refractivity contribution < 1.29 is 13.6 Å². The molecular weight excluding hydrogens is 222 g/mol. The summed E-state index contributed by atoms with van der Waals surface area (Å²) >= 11 is 0. The van der Waals surface area contributed by atoms with E-state index in [1.807, 2.05) is 24.7 Å². The number of carbonyl (C=O) groups is 1. The highest BCUT2D eigenvalue weighted by atomic mass is 28.4. The fourth-order valence-electron chi connectivity index (χ4n) is 1.16. The van der Waals surface area contributed by atoms with Crippen LogP contribution in [0.4, 0.5) is 0 Å². The summed E-state index contributed by atoms with van der Waals surface area (Å²) in [7, 11) is 0.978. The molecule has 0 unspecified atom stereocenters.